The number of nitrogens with two attached hydrogens (primary N) is 2. The van der Waals surface area contributed by atoms with Crippen molar-refractivity contribution in [3.8, 4) is 12.3 Å². The largest absolute Gasteiger partial charge is 0.382 e. The van der Waals surface area contributed by atoms with Crippen molar-refractivity contribution in [3.05, 3.63) is 23.0 Å². The van der Waals surface area contributed by atoms with Gasteiger partial charge in [-0.25, -0.2) is 19.3 Å². The highest BCUT2D eigenvalue weighted by molar-refractivity contribution is 8.07. The van der Waals surface area contributed by atoms with Crippen LogP contribution in [0.2, 0.25) is 0 Å². The van der Waals surface area contributed by atoms with Gasteiger partial charge in [-0.1, -0.05) is 11.1 Å². The van der Waals surface area contributed by atoms with Crippen LogP contribution in [0.5, 0.6) is 0 Å². The van der Waals surface area contributed by atoms with Gasteiger partial charge < -0.3 is 35.1 Å². The second-order valence-electron chi connectivity index (χ2n) is 9.73. The van der Waals surface area contributed by atoms with Crippen LogP contribution in [0, 0.1) is 18.3 Å². The molecule has 0 amide bonds. The Hall–Kier alpha value is -3.67. The van der Waals surface area contributed by atoms with Crippen molar-refractivity contribution in [1.82, 2.24) is 44.5 Å². The Morgan fingerprint density at radius 1 is 1.30 bits per heavy atom. The van der Waals surface area contributed by atoms with E-state index < -0.39 is 55.5 Å². The quantitative estimate of drug-likeness (QED) is 0.170. The van der Waals surface area contributed by atoms with Gasteiger partial charge in [0.15, 0.2) is 34.5 Å². The maximum absolute atomic E-state index is 15.8. The fourth-order valence-electron chi connectivity index (χ4n) is 5.03. The molecule has 21 heteroatoms. The fraction of sp³-hybridized carbons (Fsp3) is 0.500. The van der Waals surface area contributed by atoms with Gasteiger partial charge in [-0.15, -0.1) is 11.5 Å². The molecule has 6 N–H and O–H groups in total. The third kappa shape index (κ3) is 5.45. The highest BCUT2D eigenvalue weighted by Gasteiger charge is 2.50. The van der Waals surface area contributed by atoms with Gasteiger partial charge in [-0.05, 0) is 31.6 Å². The second kappa shape index (κ2) is 11.1. The normalized spacial score (nSPS) is 32.5. The number of terminal acetylenes is 1. The number of H-pyrrole nitrogens is 1. The number of nitrogen functional groups attached to an aromatic ring is 2. The average molecular weight is 638 g/mol. The summed E-state index contributed by atoms with van der Waals surface area (Å²) in [7, 11) is 0. The SMILES string of the molecule is C#C[C@@]12COP(O)(=S)O[C@H](F)[C@H](n3nnc4c(=O)[nH]c(N)nc43)OC(C)OCC[C@H]1C[C@H](n1cnc3c(N)ncnc31)O2. The molecule has 7 atom stereocenters. The molecule has 18 nitrogen and oxygen atoms in total. The van der Waals surface area contributed by atoms with E-state index in [4.69, 9.17) is 53.0 Å². The van der Waals surface area contributed by atoms with Crippen molar-refractivity contribution in [2.75, 3.05) is 24.7 Å². The van der Waals surface area contributed by atoms with Gasteiger partial charge in [-0.3, -0.25) is 18.9 Å². The van der Waals surface area contributed by atoms with Gasteiger partial charge in [0.25, 0.3) is 11.9 Å². The minimum absolute atomic E-state index is 0.0892. The van der Waals surface area contributed by atoms with E-state index in [2.05, 4.69) is 41.2 Å². The van der Waals surface area contributed by atoms with Gasteiger partial charge in [-0.2, -0.15) is 9.67 Å². The lowest BCUT2D eigenvalue weighted by molar-refractivity contribution is -0.227. The molecule has 0 radical (unpaired) electrons. The summed E-state index contributed by atoms with van der Waals surface area (Å²) in [5.74, 6) is 2.15. The molecule has 4 aromatic heterocycles. The predicted molar refractivity (Wildman–Crippen MR) is 148 cm³/mol. The van der Waals surface area contributed by atoms with E-state index in [1.807, 2.05) is 0 Å². The van der Waals surface area contributed by atoms with Crippen molar-refractivity contribution in [2.45, 2.75) is 50.5 Å². The second-order valence-corrected chi connectivity index (χ2v) is 12.5. The molecule has 2 fully saturated rings. The van der Waals surface area contributed by atoms with Gasteiger partial charge in [0.1, 0.15) is 18.1 Å². The lowest BCUT2D eigenvalue weighted by Gasteiger charge is -2.31. The Morgan fingerprint density at radius 3 is 2.91 bits per heavy atom. The van der Waals surface area contributed by atoms with E-state index >= 15 is 4.39 Å². The summed E-state index contributed by atoms with van der Waals surface area (Å²) < 4.78 is 46.9. The topological polar surface area (TPSA) is 238 Å². The molecule has 0 saturated carbocycles. The number of hydrogen-bond donors (Lipinski definition) is 4. The first-order valence-corrected chi connectivity index (χ1v) is 15.4. The number of aromatic nitrogens is 9. The van der Waals surface area contributed by atoms with Crippen LogP contribution in [0.15, 0.2) is 17.4 Å². The molecule has 6 heterocycles. The molecular weight excluding hydrogens is 612 g/mol. The number of imidazole rings is 1. The number of ether oxygens (including phenoxy) is 3. The van der Waals surface area contributed by atoms with Crippen molar-refractivity contribution in [3.63, 3.8) is 0 Å². The zero-order chi connectivity index (χ0) is 30.5. The highest BCUT2D eigenvalue weighted by atomic mass is 32.5. The van der Waals surface area contributed by atoms with E-state index in [0.717, 1.165) is 4.68 Å². The zero-order valence-corrected chi connectivity index (χ0v) is 24.0. The van der Waals surface area contributed by atoms with Crippen LogP contribution in [0.25, 0.3) is 22.3 Å². The van der Waals surface area contributed by atoms with Gasteiger partial charge in [0.05, 0.1) is 19.5 Å². The number of hydrogen-bond acceptors (Lipinski definition) is 15. The number of fused-ring (bicyclic) bond motifs is 3. The van der Waals surface area contributed by atoms with Gasteiger partial charge in [0, 0.05) is 5.92 Å². The van der Waals surface area contributed by atoms with Crippen LogP contribution in [0.1, 0.15) is 32.2 Å². The maximum Gasteiger partial charge on any atom is 0.327 e. The standard InChI is InChI=1S/C22H25FN11O7PS/c1-3-22-7-38-42(36,43)41-15(23)20(34-18-14(31-32-34)19(35)30-21(25)29-18)39-10(2)37-5-4-11(22)6-12(40-22)33-9-28-13-16(24)26-8-27-17(13)33/h1,8-12,15,20H,4-7H2,2H3,(H,36,43)(H2,24,26,27)(H3,25,29,30,35)/t10?,11-,12+,15-,20+,22+,42?/m0/s1. The molecule has 228 valence electrons. The van der Waals surface area contributed by atoms with Gasteiger partial charge in [0.2, 0.25) is 12.2 Å². The summed E-state index contributed by atoms with van der Waals surface area (Å²) >= 11 is 5.12. The van der Waals surface area contributed by atoms with Gasteiger partial charge >= 0.3 is 6.72 Å². The molecule has 43 heavy (non-hydrogen) atoms. The minimum Gasteiger partial charge on any atom is -0.382 e. The molecule has 2 aliphatic rings. The Balaban J connectivity index is 1.30. The van der Waals surface area contributed by atoms with E-state index in [1.54, 1.807) is 4.57 Å². The van der Waals surface area contributed by atoms with Crippen LogP contribution < -0.4 is 17.0 Å². The van der Waals surface area contributed by atoms with E-state index in [1.165, 1.54) is 19.6 Å². The molecule has 2 unspecified atom stereocenters. The molecule has 0 aromatic carbocycles. The smallest absolute Gasteiger partial charge is 0.327 e. The predicted octanol–water partition coefficient (Wildman–Crippen LogP) is 0.253. The Morgan fingerprint density at radius 2 is 2.12 bits per heavy atom. The molecular formula is C22H25FN11O7PS. The highest BCUT2D eigenvalue weighted by Crippen LogP contribution is 2.51. The molecule has 4 aromatic rings. The summed E-state index contributed by atoms with van der Waals surface area (Å²) in [5.41, 5.74) is 9.80. The summed E-state index contributed by atoms with van der Waals surface area (Å²) in [6.07, 6.45) is 3.46. The van der Waals surface area contributed by atoms with Crippen LogP contribution in [-0.4, -0.2) is 80.8 Å². The van der Waals surface area contributed by atoms with Crippen molar-refractivity contribution < 1.29 is 32.5 Å². The van der Waals surface area contributed by atoms with E-state index in [0.29, 0.717) is 24.0 Å². The van der Waals surface area contributed by atoms with E-state index in [9.17, 15) is 9.69 Å². The first kappa shape index (κ1) is 29.4. The third-order valence-corrected chi connectivity index (χ3v) is 8.58. The Bertz CT molecular complexity index is 1830. The number of rotatable bonds is 2. The number of alkyl halides is 1. The lowest BCUT2D eigenvalue weighted by atomic mass is 9.86. The van der Waals surface area contributed by atoms with Crippen molar-refractivity contribution in [1.29, 1.82) is 0 Å². The molecule has 0 aliphatic carbocycles. The molecule has 6 rings (SSSR count). The van der Waals surface area contributed by atoms with Crippen LogP contribution in [0.4, 0.5) is 16.2 Å². The number of nitrogens with zero attached hydrogens (tertiary/aromatic N) is 8. The van der Waals surface area contributed by atoms with Crippen LogP contribution in [-0.2, 0) is 35.1 Å². The summed E-state index contributed by atoms with van der Waals surface area (Å²) in [4.78, 5) is 41.8. The average Bonchev–Trinajstić information content (AvgIpc) is 3.66. The summed E-state index contributed by atoms with van der Waals surface area (Å²) in [6.45, 7) is -3.20. The number of aromatic amines is 1. The fourth-order valence-corrected chi connectivity index (χ4v) is 6.21. The Kier molecular flexibility index (Phi) is 7.60. The van der Waals surface area contributed by atoms with Crippen molar-refractivity contribution in [2.24, 2.45) is 5.92 Å². The monoisotopic (exact) mass is 637 g/mol. The molecule has 0 bridgehead atoms. The van der Waals surface area contributed by atoms with Crippen LogP contribution in [0.3, 0.4) is 0 Å². The van der Waals surface area contributed by atoms with Crippen molar-refractivity contribution >= 4 is 52.6 Å². The molecule has 0 spiro atoms. The van der Waals surface area contributed by atoms with Crippen LogP contribution >= 0.6 is 6.72 Å². The summed E-state index contributed by atoms with van der Waals surface area (Å²) in [6, 6.07) is 0. The molecule has 2 aliphatic heterocycles. The number of anilines is 2. The zero-order valence-electron chi connectivity index (χ0n) is 22.3. The summed E-state index contributed by atoms with van der Waals surface area (Å²) in [5, 5.41) is 7.51. The lowest BCUT2D eigenvalue weighted by Crippen LogP contribution is -2.39. The number of nitrogens with one attached hydrogen (secondary N) is 1. The minimum atomic E-state index is -4.35. The van der Waals surface area contributed by atoms with E-state index in [-0.39, 0.29) is 29.5 Å². The maximum atomic E-state index is 15.8. The Labute approximate surface area is 246 Å². The number of halogens is 1. The molecule has 2 saturated heterocycles. The first-order valence-electron chi connectivity index (χ1n) is 12.8. The first-order chi connectivity index (χ1) is 20.5. The third-order valence-electron chi connectivity index (χ3n) is 7.08.